The first-order chi connectivity index (χ1) is 9.93. The van der Waals surface area contributed by atoms with Crippen LogP contribution in [0.5, 0.6) is 0 Å². The average molecular weight is 320 g/mol. The molecule has 0 saturated carbocycles. The number of nitriles is 1. The lowest BCUT2D eigenvalue weighted by Gasteiger charge is -2.13. The molecule has 21 heavy (non-hydrogen) atoms. The van der Waals surface area contributed by atoms with E-state index in [4.69, 9.17) is 23.2 Å². The van der Waals surface area contributed by atoms with Gasteiger partial charge in [0.25, 0.3) is 0 Å². The summed E-state index contributed by atoms with van der Waals surface area (Å²) in [7, 11) is 1.97. The molecule has 0 amide bonds. The first-order valence-electron chi connectivity index (χ1n) is 6.78. The molecule has 1 heterocycles. The average Bonchev–Trinajstić information content (AvgIpc) is 2.43. The lowest BCUT2D eigenvalue weighted by Crippen LogP contribution is -2.34. The molecule has 0 bridgehead atoms. The van der Waals surface area contributed by atoms with Crippen molar-refractivity contribution in [3.63, 3.8) is 0 Å². The molecule has 1 unspecified atom stereocenters. The molecular weight excluding hydrogens is 303 g/mol. The number of hydrogen-bond acceptors (Lipinski definition) is 1. The van der Waals surface area contributed by atoms with Crippen LogP contribution in [0.2, 0.25) is 10.0 Å². The molecule has 0 saturated heterocycles. The van der Waals surface area contributed by atoms with Gasteiger partial charge in [-0.1, -0.05) is 49.2 Å². The van der Waals surface area contributed by atoms with Gasteiger partial charge in [0, 0.05) is 22.6 Å². The normalized spacial score (nSPS) is 12.2. The van der Waals surface area contributed by atoms with E-state index >= 15 is 0 Å². The highest BCUT2D eigenvalue weighted by Crippen LogP contribution is 2.31. The molecule has 0 aliphatic heterocycles. The standard InChI is InChI=1S/C17H17Cl2N2/c1-11(2)17-8-14(16(19)10-21(17)3)15(9-20)12-4-6-13(18)7-5-12/h4-8,10-11,15H,1-3H3/q+1. The van der Waals surface area contributed by atoms with Gasteiger partial charge in [0.2, 0.25) is 0 Å². The molecule has 0 fully saturated rings. The van der Waals surface area contributed by atoms with Crippen molar-refractivity contribution >= 4 is 23.2 Å². The van der Waals surface area contributed by atoms with Crippen LogP contribution in [-0.4, -0.2) is 0 Å². The van der Waals surface area contributed by atoms with Gasteiger partial charge in [0.15, 0.2) is 11.9 Å². The molecule has 1 aromatic carbocycles. The third-order valence-corrected chi connectivity index (χ3v) is 4.10. The molecule has 0 N–H and O–H groups in total. The van der Waals surface area contributed by atoms with E-state index in [-0.39, 0.29) is 0 Å². The van der Waals surface area contributed by atoms with Crippen LogP contribution in [0.4, 0.5) is 0 Å². The van der Waals surface area contributed by atoms with Gasteiger partial charge in [-0.3, -0.25) is 0 Å². The Bertz CT molecular complexity index is 685. The number of hydrogen-bond donors (Lipinski definition) is 0. The van der Waals surface area contributed by atoms with E-state index in [1.807, 2.05) is 36.0 Å². The SMILES string of the molecule is CC(C)c1cc(C(C#N)c2ccc(Cl)cc2)c(Cl)c[n+]1C. The molecule has 2 aromatic rings. The predicted octanol–water partition coefficient (Wildman–Crippen LogP) is 4.60. The number of benzene rings is 1. The van der Waals surface area contributed by atoms with E-state index in [1.165, 1.54) is 0 Å². The number of aromatic nitrogens is 1. The topological polar surface area (TPSA) is 27.7 Å². The number of pyridine rings is 1. The van der Waals surface area contributed by atoms with Crippen LogP contribution in [0.15, 0.2) is 36.5 Å². The summed E-state index contributed by atoms with van der Waals surface area (Å²) in [4.78, 5) is 0. The van der Waals surface area contributed by atoms with Crippen LogP contribution in [0, 0.1) is 11.3 Å². The Hall–Kier alpha value is -1.56. The first kappa shape index (κ1) is 15.8. The highest BCUT2D eigenvalue weighted by atomic mass is 35.5. The third kappa shape index (κ3) is 3.37. The van der Waals surface area contributed by atoms with Gasteiger partial charge in [-0.05, 0) is 17.7 Å². The second kappa shape index (κ2) is 6.47. The molecule has 1 aromatic heterocycles. The fourth-order valence-corrected chi connectivity index (χ4v) is 2.86. The fraction of sp³-hybridized carbons (Fsp3) is 0.294. The summed E-state index contributed by atoms with van der Waals surface area (Å²) in [6, 6.07) is 11.7. The number of rotatable bonds is 3. The first-order valence-corrected chi connectivity index (χ1v) is 7.53. The Morgan fingerprint density at radius 2 is 1.76 bits per heavy atom. The second-order valence-corrected chi connectivity index (χ2v) is 6.22. The van der Waals surface area contributed by atoms with Crippen molar-refractivity contribution in [3.8, 4) is 6.07 Å². The van der Waals surface area contributed by atoms with Crippen molar-refractivity contribution < 1.29 is 4.57 Å². The van der Waals surface area contributed by atoms with Gasteiger partial charge in [-0.25, -0.2) is 4.57 Å². The van der Waals surface area contributed by atoms with Gasteiger partial charge in [-0.2, -0.15) is 5.26 Å². The zero-order valence-electron chi connectivity index (χ0n) is 12.3. The third-order valence-electron chi connectivity index (χ3n) is 3.53. The molecule has 108 valence electrons. The summed E-state index contributed by atoms with van der Waals surface area (Å²) in [6.45, 7) is 4.24. The van der Waals surface area contributed by atoms with Gasteiger partial charge >= 0.3 is 0 Å². The maximum absolute atomic E-state index is 9.58. The highest BCUT2D eigenvalue weighted by Gasteiger charge is 2.22. The molecule has 0 spiro atoms. The van der Waals surface area contributed by atoms with E-state index in [0.29, 0.717) is 16.0 Å². The highest BCUT2D eigenvalue weighted by molar-refractivity contribution is 6.31. The van der Waals surface area contributed by atoms with Crippen molar-refractivity contribution in [1.29, 1.82) is 5.26 Å². The summed E-state index contributed by atoms with van der Waals surface area (Å²) >= 11 is 12.3. The predicted molar refractivity (Wildman–Crippen MR) is 85.6 cm³/mol. The Morgan fingerprint density at radius 3 is 2.29 bits per heavy atom. The summed E-state index contributed by atoms with van der Waals surface area (Å²) in [6.07, 6.45) is 1.87. The van der Waals surface area contributed by atoms with E-state index < -0.39 is 5.92 Å². The largest absolute Gasteiger partial charge is 0.204 e. The number of aryl methyl sites for hydroxylation is 1. The van der Waals surface area contributed by atoms with Crippen LogP contribution in [0.25, 0.3) is 0 Å². The van der Waals surface area contributed by atoms with Crippen molar-refractivity contribution in [2.75, 3.05) is 0 Å². The van der Waals surface area contributed by atoms with Crippen LogP contribution in [0.3, 0.4) is 0 Å². The summed E-state index contributed by atoms with van der Waals surface area (Å²) in [5.41, 5.74) is 2.87. The van der Waals surface area contributed by atoms with Crippen LogP contribution >= 0.6 is 23.2 Å². The smallest absolute Gasteiger partial charge is 0.187 e. The molecular formula is C17H17Cl2N2+. The van der Waals surface area contributed by atoms with Gasteiger partial charge in [0.1, 0.15) is 12.1 Å². The van der Waals surface area contributed by atoms with E-state index in [1.54, 1.807) is 12.1 Å². The fourth-order valence-electron chi connectivity index (χ4n) is 2.42. The van der Waals surface area contributed by atoms with Gasteiger partial charge < -0.3 is 0 Å². The zero-order chi connectivity index (χ0) is 15.6. The molecule has 0 radical (unpaired) electrons. The van der Waals surface area contributed by atoms with Crippen molar-refractivity contribution in [2.45, 2.75) is 25.7 Å². The van der Waals surface area contributed by atoms with E-state index in [9.17, 15) is 5.26 Å². The quantitative estimate of drug-likeness (QED) is 0.760. The minimum Gasteiger partial charge on any atom is -0.204 e. The van der Waals surface area contributed by atoms with Gasteiger partial charge in [0.05, 0.1) is 12.0 Å². The summed E-state index contributed by atoms with van der Waals surface area (Å²) < 4.78 is 2.01. The number of nitrogens with zero attached hydrogens (tertiary/aromatic N) is 2. The minimum atomic E-state index is -0.395. The number of halogens is 2. The van der Waals surface area contributed by atoms with Crippen molar-refractivity contribution in [2.24, 2.45) is 7.05 Å². The molecule has 1 atom stereocenters. The van der Waals surface area contributed by atoms with E-state index in [0.717, 1.165) is 16.8 Å². The summed E-state index contributed by atoms with van der Waals surface area (Å²) in [5, 5.41) is 10.8. The lowest BCUT2D eigenvalue weighted by atomic mass is 9.91. The van der Waals surface area contributed by atoms with E-state index in [2.05, 4.69) is 19.9 Å². The molecule has 4 heteroatoms. The molecule has 2 nitrogen and oxygen atoms in total. The summed E-state index contributed by atoms with van der Waals surface area (Å²) in [5.74, 6) is -0.0379. The second-order valence-electron chi connectivity index (χ2n) is 5.38. The van der Waals surface area contributed by atoms with Crippen LogP contribution < -0.4 is 4.57 Å². The van der Waals surface area contributed by atoms with Crippen LogP contribution in [-0.2, 0) is 7.05 Å². The monoisotopic (exact) mass is 319 g/mol. The Kier molecular flexibility index (Phi) is 4.88. The Labute approximate surface area is 135 Å². The Balaban J connectivity index is 2.55. The van der Waals surface area contributed by atoms with Crippen LogP contribution in [0.1, 0.15) is 42.5 Å². The molecule has 0 aliphatic rings. The maximum Gasteiger partial charge on any atom is 0.187 e. The van der Waals surface area contributed by atoms with Gasteiger partial charge in [-0.15, -0.1) is 0 Å². The molecule has 0 aliphatic carbocycles. The van der Waals surface area contributed by atoms with Crippen molar-refractivity contribution in [3.05, 3.63) is 63.4 Å². The Morgan fingerprint density at radius 1 is 1.14 bits per heavy atom. The maximum atomic E-state index is 9.58. The van der Waals surface area contributed by atoms with Crippen molar-refractivity contribution in [1.82, 2.24) is 0 Å². The molecule has 2 rings (SSSR count). The minimum absolute atomic E-state index is 0.357. The zero-order valence-corrected chi connectivity index (χ0v) is 13.8. The lowest BCUT2D eigenvalue weighted by molar-refractivity contribution is -0.680.